The Balaban J connectivity index is 2.22. The largest absolute Gasteiger partial charge is 0.379 e. The minimum Gasteiger partial charge on any atom is -0.379 e. The van der Waals surface area contributed by atoms with Crippen LogP contribution in [0, 0.1) is 17.6 Å². The first-order valence-corrected chi connectivity index (χ1v) is 6.87. The first-order chi connectivity index (χ1) is 9.15. The van der Waals surface area contributed by atoms with Gasteiger partial charge in [-0.25, -0.2) is 8.78 Å². The highest BCUT2D eigenvalue weighted by Crippen LogP contribution is 2.34. The molecule has 4 heteroatoms. The summed E-state index contributed by atoms with van der Waals surface area (Å²) in [5.74, 6) is -0.900. The number of ether oxygens (including phenoxy) is 1. The second kappa shape index (κ2) is 6.44. The van der Waals surface area contributed by atoms with E-state index in [0.717, 1.165) is 25.7 Å². The van der Waals surface area contributed by atoms with E-state index < -0.39 is 17.7 Å². The van der Waals surface area contributed by atoms with Gasteiger partial charge in [-0.3, -0.25) is 0 Å². The van der Waals surface area contributed by atoms with Crippen LogP contribution in [0.3, 0.4) is 0 Å². The van der Waals surface area contributed by atoms with Gasteiger partial charge < -0.3 is 10.5 Å². The third-order valence-corrected chi connectivity index (χ3v) is 4.07. The molecular formula is C15H21F2NO. The van der Waals surface area contributed by atoms with Gasteiger partial charge in [0.15, 0.2) is 0 Å². The minimum atomic E-state index is -0.755. The van der Waals surface area contributed by atoms with Crippen LogP contribution in [0.1, 0.15) is 43.7 Å². The molecule has 0 saturated heterocycles. The summed E-state index contributed by atoms with van der Waals surface area (Å²) >= 11 is 0. The highest BCUT2D eigenvalue weighted by atomic mass is 19.1. The predicted molar refractivity (Wildman–Crippen MR) is 70.7 cm³/mol. The lowest BCUT2D eigenvalue weighted by atomic mass is 9.81. The van der Waals surface area contributed by atoms with E-state index in [4.69, 9.17) is 10.5 Å². The van der Waals surface area contributed by atoms with Crippen LogP contribution in [0.15, 0.2) is 18.2 Å². The van der Waals surface area contributed by atoms with Crippen LogP contribution >= 0.6 is 0 Å². The number of hydrogen-bond acceptors (Lipinski definition) is 2. The van der Waals surface area contributed by atoms with Crippen molar-refractivity contribution in [2.45, 2.75) is 44.2 Å². The van der Waals surface area contributed by atoms with E-state index in [-0.39, 0.29) is 17.6 Å². The predicted octanol–water partition coefficient (Wildman–Crippen LogP) is 3.56. The fourth-order valence-corrected chi connectivity index (χ4v) is 3.09. The van der Waals surface area contributed by atoms with Crippen LogP contribution in [0.5, 0.6) is 0 Å². The van der Waals surface area contributed by atoms with Gasteiger partial charge in [-0.1, -0.05) is 25.3 Å². The molecule has 0 heterocycles. The SMILES string of the molecule is COC(C1CCCCC1)C(N)c1c(F)cccc1F. The van der Waals surface area contributed by atoms with Crippen molar-refractivity contribution in [3.05, 3.63) is 35.4 Å². The molecule has 1 saturated carbocycles. The molecule has 2 rings (SSSR count). The van der Waals surface area contributed by atoms with E-state index in [9.17, 15) is 8.78 Å². The Morgan fingerprint density at radius 1 is 1.16 bits per heavy atom. The monoisotopic (exact) mass is 269 g/mol. The lowest BCUT2D eigenvalue weighted by molar-refractivity contribution is 0.0157. The van der Waals surface area contributed by atoms with Gasteiger partial charge in [0.1, 0.15) is 11.6 Å². The van der Waals surface area contributed by atoms with Gasteiger partial charge in [0.2, 0.25) is 0 Å². The fraction of sp³-hybridized carbons (Fsp3) is 0.600. The average molecular weight is 269 g/mol. The van der Waals surface area contributed by atoms with Gasteiger partial charge in [0.25, 0.3) is 0 Å². The fourth-order valence-electron chi connectivity index (χ4n) is 3.09. The first kappa shape index (κ1) is 14.4. The highest BCUT2D eigenvalue weighted by Gasteiger charge is 2.32. The Bertz CT molecular complexity index is 398. The molecule has 1 aromatic carbocycles. The normalized spacial score (nSPS) is 20.2. The molecule has 2 atom stereocenters. The molecule has 2 nitrogen and oxygen atoms in total. The third-order valence-electron chi connectivity index (χ3n) is 4.07. The van der Waals surface area contributed by atoms with Gasteiger partial charge in [0.05, 0.1) is 12.1 Å². The number of benzene rings is 1. The molecule has 1 fully saturated rings. The van der Waals surface area contributed by atoms with E-state index in [1.165, 1.54) is 24.6 Å². The van der Waals surface area contributed by atoms with E-state index >= 15 is 0 Å². The summed E-state index contributed by atoms with van der Waals surface area (Å²) in [6.45, 7) is 0. The van der Waals surface area contributed by atoms with Gasteiger partial charge in [-0.05, 0) is 30.9 Å². The van der Waals surface area contributed by atoms with Crippen molar-refractivity contribution < 1.29 is 13.5 Å². The quantitative estimate of drug-likeness (QED) is 0.907. The molecule has 19 heavy (non-hydrogen) atoms. The smallest absolute Gasteiger partial charge is 0.131 e. The number of halogens is 2. The van der Waals surface area contributed by atoms with Crippen LogP contribution in [-0.2, 0) is 4.74 Å². The standard InChI is InChI=1S/C15H21F2NO/c1-19-15(10-6-3-2-4-7-10)14(18)13-11(16)8-5-9-12(13)17/h5,8-10,14-15H,2-4,6-7,18H2,1H3. The van der Waals surface area contributed by atoms with Crippen molar-refractivity contribution in [1.29, 1.82) is 0 Å². The van der Waals surface area contributed by atoms with Gasteiger partial charge >= 0.3 is 0 Å². The maximum absolute atomic E-state index is 13.8. The van der Waals surface area contributed by atoms with Crippen molar-refractivity contribution in [3.8, 4) is 0 Å². The zero-order valence-corrected chi connectivity index (χ0v) is 11.2. The van der Waals surface area contributed by atoms with Gasteiger partial charge in [-0.2, -0.15) is 0 Å². The van der Waals surface area contributed by atoms with Crippen molar-refractivity contribution in [1.82, 2.24) is 0 Å². The topological polar surface area (TPSA) is 35.2 Å². The Hall–Kier alpha value is -1.00. The second-order valence-electron chi connectivity index (χ2n) is 5.26. The molecule has 1 aliphatic rings. The van der Waals surface area contributed by atoms with Crippen molar-refractivity contribution in [2.24, 2.45) is 11.7 Å². The second-order valence-corrected chi connectivity index (χ2v) is 5.26. The summed E-state index contributed by atoms with van der Waals surface area (Å²) in [4.78, 5) is 0. The van der Waals surface area contributed by atoms with Crippen LogP contribution < -0.4 is 5.73 Å². The average Bonchev–Trinajstić information content (AvgIpc) is 2.40. The van der Waals surface area contributed by atoms with E-state index in [0.29, 0.717) is 0 Å². The Kier molecular flexibility index (Phi) is 4.88. The zero-order chi connectivity index (χ0) is 13.8. The zero-order valence-electron chi connectivity index (χ0n) is 11.2. The summed E-state index contributed by atoms with van der Waals surface area (Å²) in [6.07, 6.45) is 5.20. The molecule has 0 radical (unpaired) electrons. The number of methoxy groups -OCH3 is 1. The summed E-state index contributed by atoms with van der Waals surface area (Å²) in [6, 6.07) is 3.08. The van der Waals surface area contributed by atoms with E-state index in [2.05, 4.69) is 0 Å². The Morgan fingerprint density at radius 3 is 2.26 bits per heavy atom. The van der Waals surface area contributed by atoms with Crippen LogP contribution in [-0.4, -0.2) is 13.2 Å². The van der Waals surface area contributed by atoms with Crippen molar-refractivity contribution >= 4 is 0 Å². The maximum atomic E-state index is 13.8. The number of nitrogens with two attached hydrogens (primary N) is 1. The van der Waals surface area contributed by atoms with Gasteiger partial charge in [0, 0.05) is 12.7 Å². The Morgan fingerprint density at radius 2 is 1.74 bits per heavy atom. The van der Waals surface area contributed by atoms with Crippen LogP contribution in [0.2, 0.25) is 0 Å². The summed E-state index contributed by atoms with van der Waals surface area (Å²) in [5, 5.41) is 0. The maximum Gasteiger partial charge on any atom is 0.131 e. The summed E-state index contributed by atoms with van der Waals surface area (Å²) in [5.41, 5.74) is 6.02. The highest BCUT2D eigenvalue weighted by molar-refractivity contribution is 5.24. The molecule has 0 amide bonds. The third kappa shape index (κ3) is 3.12. The molecule has 0 aromatic heterocycles. The molecule has 1 aliphatic carbocycles. The molecule has 0 spiro atoms. The summed E-state index contributed by atoms with van der Waals surface area (Å²) < 4.78 is 33.0. The molecule has 0 aliphatic heterocycles. The van der Waals surface area contributed by atoms with Crippen LogP contribution in [0.4, 0.5) is 8.78 Å². The first-order valence-electron chi connectivity index (χ1n) is 6.87. The Labute approximate surface area is 112 Å². The lowest BCUT2D eigenvalue weighted by Gasteiger charge is -2.33. The summed E-state index contributed by atoms with van der Waals surface area (Å²) in [7, 11) is 1.57. The van der Waals surface area contributed by atoms with E-state index in [1.54, 1.807) is 7.11 Å². The van der Waals surface area contributed by atoms with E-state index in [1.807, 2.05) is 0 Å². The molecule has 106 valence electrons. The molecule has 0 bridgehead atoms. The molecule has 2 N–H and O–H groups in total. The van der Waals surface area contributed by atoms with Crippen molar-refractivity contribution in [3.63, 3.8) is 0 Å². The molecular weight excluding hydrogens is 248 g/mol. The number of rotatable bonds is 4. The minimum absolute atomic E-state index is 0.0556. The molecule has 1 aromatic rings. The van der Waals surface area contributed by atoms with Gasteiger partial charge in [-0.15, -0.1) is 0 Å². The number of hydrogen-bond donors (Lipinski definition) is 1. The lowest BCUT2D eigenvalue weighted by Crippen LogP contribution is -2.37. The molecule has 2 unspecified atom stereocenters. The van der Waals surface area contributed by atoms with Crippen molar-refractivity contribution in [2.75, 3.05) is 7.11 Å². The van der Waals surface area contributed by atoms with Crippen LogP contribution in [0.25, 0.3) is 0 Å².